The minimum atomic E-state index is -3.48. The van der Waals surface area contributed by atoms with Gasteiger partial charge in [-0.25, -0.2) is 0 Å². The highest BCUT2D eigenvalue weighted by Crippen LogP contribution is 2.25. The van der Waals surface area contributed by atoms with Gasteiger partial charge in [0.25, 0.3) is 10.0 Å². The normalized spacial score (nSPS) is 17.6. The summed E-state index contributed by atoms with van der Waals surface area (Å²) in [6.45, 7) is 1.92. The lowest BCUT2D eigenvalue weighted by Gasteiger charge is -2.20. The van der Waals surface area contributed by atoms with Crippen LogP contribution in [0.2, 0.25) is 0 Å². The molecule has 0 spiro atoms. The molecular formula is C12H15NO2S. The number of nitrogens with zero attached hydrogens (tertiary/aromatic N) is 1. The van der Waals surface area contributed by atoms with Crippen LogP contribution in [0.3, 0.4) is 0 Å². The van der Waals surface area contributed by atoms with Crippen molar-refractivity contribution in [3.8, 4) is 0 Å². The molecule has 0 radical (unpaired) electrons. The highest BCUT2D eigenvalue weighted by molar-refractivity contribution is 7.90. The molecule has 0 bridgehead atoms. The Kier molecular flexibility index (Phi) is 3.10. The number of hydrogen-bond donors (Lipinski definition) is 0. The second kappa shape index (κ2) is 4.37. The topological polar surface area (TPSA) is 46.5 Å². The van der Waals surface area contributed by atoms with Gasteiger partial charge in [0, 0.05) is 6.21 Å². The first-order valence-electron chi connectivity index (χ1n) is 5.45. The second-order valence-electron chi connectivity index (χ2n) is 4.23. The summed E-state index contributed by atoms with van der Waals surface area (Å²) in [5, 5.41) is 0. The summed E-state index contributed by atoms with van der Waals surface area (Å²) in [5.74, 6) is 0.361. The standard InChI is InChI=1S/C12H15NO2S/c1-10-5-7-12(8-6-10)16(14,15)13-9-11-3-2-4-11/h5-9,11H,2-4H2,1H3/b13-9+. The minimum Gasteiger partial charge on any atom is -0.199 e. The van der Waals surface area contributed by atoms with Gasteiger partial charge < -0.3 is 0 Å². The van der Waals surface area contributed by atoms with Crippen LogP contribution in [0.15, 0.2) is 33.6 Å². The summed E-state index contributed by atoms with van der Waals surface area (Å²) in [6, 6.07) is 6.77. The van der Waals surface area contributed by atoms with Crippen molar-refractivity contribution >= 4 is 16.2 Å². The maximum atomic E-state index is 11.8. The van der Waals surface area contributed by atoms with Crippen molar-refractivity contribution in [3.63, 3.8) is 0 Å². The van der Waals surface area contributed by atoms with E-state index in [2.05, 4.69) is 4.40 Å². The molecule has 1 fully saturated rings. The van der Waals surface area contributed by atoms with Crippen LogP contribution >= 0.6 is 0 Å². The van der Waals surface area contributed by atoms with E-state index in [0.29, 0.717) is 5.92 Å². The predicted octanol–water partition coefficient (Wildman–Crippen LogP) is 2.55. The molecule has 0 heterocycles. The van der Waals surface area contributed by atoms with Gasteiger partial charge >= 0.3 is 0 Å². The van der Waals surface area contributed by atoms with Crippen LogP contribution < -0.4 is 0 Å². The molecule has 0 amide bonds. The van der Waals surface area contributed by atoms with Gasteiger partial charge in [-0.2, -0.15) is 12.8 Å². The van der Waals surface area contributed by atoms with Crippen LogP contribution in [0.4, 0.5) is 0 Å². The highest BCUT2D eigenvalue weighted by atomic mass is 32.2. The zero-order chi connectivity index (χ0) is 11.6. The molecule has 1 saturated carbocycles. The predicted molar refractivity (Wildman–Crippen MR) is 64.2 cm³/mol. The zero-order valence-electron chi connectivity index (χ0n) is 9.26. The molecule has 0 unspecified atom stereocenters. The Bertz CT molecular complexity index is 484. The fourth-order valence-corrected chi connectivity index (χ4v) is 2.46. The monoisotopic (exact) mass is 237 g/mol. The van der Waals surface area contributed by atoms with E-state index in [9.17, 15) is 8.42 Å². The van der Waals surface area contributed by atoms with Crippen LogP contribution in [0.1, 0.15) is 24.8 Å². The van der Waals surface area contributed by atoms with Crippen LogP contribution in [0.5, 0.6) is 0 Å². The highest BCUT2D eigenvalue weighted by Gasteiger charge is 2.17. The first-order valence-corrected chi connectivity index (χ1v) is 6.89. The Balaban J connectivity index is 2.17. The lowest BCUT2D eigenvalue weighted by atomic mass is 9.87. The lowest BCUT2D eigenvalue weighted by molar-refractivity contribution is 0.421. The molecular weight excluding hydrogens is 222 g/mol. The second-order valence-corrected chi connectivity index (χ2v) is 5.87. The molecule has 1 aliphatic rings. The van der Waals surface area contributed by atoms with E-state index < -0.39 is 10.0 Å². The Morgan fingerprint density at radius 3 is 2.38 bits per heavy atom. The smallest absolute Gasteiger partial charge is 0.199 e. The number of hydrogen-bond acceptors (Lipinski definition) is 2. The van der Waals surface area contributed by atoms with E-state index in [1.54, 1.807) is 30.5 Å². The maximum absolute atomic E-state index is 11.8. The third-order valence-corrected chi connectivity index (χ3v) is 4.15. The van der Waals surface area contributed by atoms with Crippen molar-refractivity contribution < 1.29 is 8.42 Å². The number of rotatable bonds is 3. The molecule has 0 N–H and O–H groups in total. The van der Waals surface area contributed by atoms with Gasteiger partial charge in [0.2, 0.25) is 0 Å². The Morgan fingerprint density at radius 1 is 1.25 bits per heavy atom. The lowest BCUT2D eigenvalue weighted by Crippen LogP contribution is -2.13. The van der Waals surface area contributed by atoms with Gasteiger partial charge in [-0.1, -0.05) is 24.1 Å². The van der Waals surface area contributed by atoms with Gasteiger partial charge in [0.05, 0.1) is 4.90 Å². The van der Waals surface area contributed by atoms with Crippen molar-refractivity contribution in [1.82, 2.24) is 0 Å². The fourth-order valence-electron chi connectivity index (χ4n) is 1.53. The zero-order valence-corrected chi connectivity index (χ0v) is 10.1. The van der Waals surface area contributed by atoms with Crippen molar-refractivity contribution in [2.24, 2.45) is 10.3 Å². The molecule has 0 aromatic heterocycles. The Morgan fingerprint density at radius 2 is 1.88 bits per heavy atom. The van der Waals surface area contributed by atoms with Gasteiger partial charge in [-0.15, -0.1) is 0 Å². The summed E-state index contributed by atoms with van der Waals surface area (Å²) in [6.07, 6.45) is 4.89. The molecule has 0 saturated heterocycles. The summed E-state index contributed by atoms with van der Waals surface area (Å²) >= 11 is 0. The van der Waals surface area contributed by atoms with Crippen molar-refractivity contribution in [2.45, 2.75) is 31.1 Å². The third-order valence-electron chi connectivity index (χ3n) is 2.88. The van der Waals surface area contributed by atoms with Crippen LogP contribution in [0.25, 0.3) is 0 Å². The molecule has 1 aliphatic carbocycles. The van der Waals surface area contributed by atoms with Gasteiger partial charge in [-0.05, 0) is 37.8 Å². The molecule has 2 rings (SSSR count). The van der Waals surface area contributed by atoms with Crippen LogP contribution in [-0.4, -0.2) is 14.6 Å². The first-order chi connectivity index (χ1) is 7.58. The SMILES string of the molecule is Cc1ccc(S(=O)(=O)/N=C/C2CCC2)cc1. The van der Waals surface area contributed by atoms with Crippen LogP contribution in [-0.2, 0) is 10.0 Å². The summed E-state index contributed by atoms with van der Waals surface area (Å²) in [5.41, 5.74) is 1.04. The summed E-state index contributed by atoms with van der Waals surface area (Å²) in [4.78, 5) is 0.272. The quantitative estimate of drug-likeness (QED) is 0.758. The molecule has 1 aromatic carbocycles. The first kappa shape index (κ1) is 11.3. The average molecular weight is 237 g/mol. The van der Waals surface area contributed by atoms with E-state index in [4.69, 9.17) is 0 Å². The number of sulfonamides is 1. The van der Waals surface area contributed by atoms with E-state index in [-0.39, 0.29) is 4.90 Å². The van der Waals surface area contributed by atoms with Gasteiger partial charge in [0.1, 0.15) is 0 Å². The van der Waals surface area contributed by atoms with E-state index in [0.717, 1.165) is 18.4 Å². The number of aryl methyl sites for hydroxylation is 1. The van der Waals surface area contributed by atoms with Crippen molar-refractivity contribution in [2.75, 3.05) is 0 Å². The van der Waals surface area contributed by atoms with E-state index >= 15 is 0 Å². The molecule has 0 aliphatic heterocycles. The third kappa shape index (κ3) is 2.50. The van der Waals surface area contributed by atoms with E-state index in [1.807, 2.05) is 6.92 Å². The summed E-state index contributed by atoms with van der Waals surface area (Å²) in [7, 11) is -3.48. The Labute approximate surface area is 96.3 Å². The Hall–Kier alpha value is -1.16. The van der Waals surface area contributed by atoms with Gasteiger partial charge in [0.15, 0.2) is 0 Å². The molecule has 86 valence electrons. The largest absolute Gasteiger partial charge is 0.281 e. The minimum absolute atomic E-state index is 0.272. The molecule has 16 heavy (non-hydrogen) atoms. The maximum Gasteiger partial charge on any atom is 0.281 e. The van der Waals surface area contributed by atoms with Crippen molar-refractivity contribution in [1.29, 1.82) is 0 Å². The van der Waals surface area contributed by atoms with Crippen LogP contribution in [0, 0.1) is 12.8 Å². The molecule has 3 nitrogen and oxygen atoms in total. The van der Waals surface area contributed by atoms with Crippen molar-refractivity contribution in [3.05, 3.63) is 29.8 Å². The van der Waals surface area contributed by atoms with E-state index in [1.165, 1.54) is 6.42 Å². The molecule has 4 heteroatoms. The number of benzene rings is 1. The molecule has 1 aromatic rings. The molecule has 0 atom stereocenters. The average Bonchev–Trinajstić information content (AvgIpc) is 2.15. The van der Waals surface area contributed by atoms with Gasteiger partial charge in [-0.3, -0.25) is 0 Å². The fraction of sp³-hybridized carbons (Fsp3) is 0.417. The summed E-state index contributed by atoms with van der Waals surface area (Å²) < 4.78 is 27.3.